The van der Waals surface area contributed by atoms with Gasteiger partial charge in [0.15, 0.2) is 0 Å². The molecular weight excluding hydrogens is 376 g/mol. The predicted octanol–water partition coefficient (Wildman–Crippen LogP) is 3.11. The molecule has 30 heavy (non-hydrogen) atoms. The van der Waals surface area contributed by atoms with Crippen LogP contribution in [0.3, 0.4) is 0 Å². The number of amides is 2. The molecule has 0 radical (unpaired) electrons. The van der Waals surface area contributed by atoms with Gasteiger partial charge in [0, 0.05) is 11.7 Å². The molecule has 2 aromatic carbocycles. The van der Waals surface area contributed by atoms with Crippen molar-refractivity contribution in [2.45, 2.75) is 37.5 Å². The molecule has 5 nitrogen and oxygen atoms in total. The number of para-hydroxylation sites is 1. The van der Waals surface area contributed by atoms with Crippen LogP contribution in [0.15, 0.2) is 72.8 Å². The molecule has 5 rings (SSSR count). The zero-order valence-electron chi connectivity index (χ0n) is 17.0. The van der Waals surface area contributed by atoms with Crippen molar-refractivity contribution >= 4 is 17.5 Å². The molecule has 2 bridgehead atoms. The van der Waals surface area contributed by atoms with Gasteiger partial charge in [-0.2, -0.15) is 0 Å². The lowest BCUT2D eigenvalue weighted by atomic mass is 9.76. The fourth-order valence-corrected chi connectivity index (χ4v) is 5.06. The van der Waals surface area contributed by atoms with Gasteiger partial charge in [0.05, 0.1) is 24.5 Å². The number of nitrogens with one attached hydrogen (secondary N) is 1. The van der Waals surface area contributed by atoms with E-state index in [0.717, 1.165) is 18.5 Å². The second-order valence-corrected chi connectivity index (χ2v) is 8.59. The van der Waals surface area contributed by atoms with Crippen LogP contribution < -0.4 is 10.2 Å². The Morgan fingerprint density at radius 2 is 1.87 bits per heavy atom. The maximum atomic E-state index is 13.3. The second-order valence-electron chi connectivity index (χ2n) is 8.59. The van der Waals surface area contributed by atoms with E-state index < -0.39 is 17.4 Å². The van der Waals surface area contributed by atoms with Crippen molar-refractivity contribution in [3.05, 3.63) is 78.4 Å². The summed E-state index contributed by atoms with van der Waals surface area (Å²) in [5.74, 6) is -1.05. The van der Waals surface area contributed by atoms with E-state index in [9.17, 15) is 9.59 Å². The van der Waals surface area contributed by atoms with Crippen LogP contribution in [0.4, 0.5) is 5.69 Å². The van der Waals surface area contributed by atoms with Gasteiger partial charge in [0.1, 0.15) is 5.60 Å². The number of hydrogen-bond donors (Lipinski definition) is 1. The molecule has 2 amide bonds. The highest BCUT2D eigenvalue weighted by Gasteiger charge is 2.67. The first kappa shape index (κ1) is 19.1. The lowest BCUT2D eigenvalue weighted by Gasteiger charge is -2.25. The number of anilines is 1. The van der Waals surface area contributed by atoms with Crippen LogP contribution in [0.5, 0.6) is 0 Å². The van der Waals surface area contributed by atoms with E-state index in [0.29, 0.717) is 6.54 Å². The van der Waals surface area contributed by atoms with E-state index in [-0.39, 0.29) is 24.0 Å². The Balaban J connectivity index is 1.29. The van der Waals surface area contributed by atoms with Gasteiger partial charge < -0.3 is 15.0 Å². The summed E-state index contributed by atoms with van der Waals surface area (Å²) in [5.41, 5.74) is 1.42. The Hall–Kier alpha value is -2.92. The van der Waals surface area contributed by atoms with E-state index >= 15 is 0 Å². The summed E-state index contributed by atoms with van der Waals surface area (Å²) >= 11 is 0. The Morgan fingerprint density at radius 1 is 1.17 bits per heavy atom. The lowest BCUT2D eigenvalue weighted by molar-refractivity contribution is -0.132. The third-order valence-corrected chi connectivity index (χ3v) is 6.57. The van der Waals surface area contributed by atoms with Crippen LogP contribution in [-0.4, -0.2) is 36.1 Å². The molecule has 2 fully saturated rings. The number of rotatable bonds is 6. The van der Waals surface area contributed by atoms with Gasteiger partial charge in [-0.05, 0) is 37.5 Å². The maximum absolute atomic E-state index is 13.3. The number of ether oxygens (including phenoxy) is 1. The lowest BCUT2D eigenvalue weighted by Crippen LogP contribution is -2.46. The minimum atomic E-state index is -0.688. The van der Waals surface area contributed by atoms with Gasteiger partial charge in [-0.3, -0.25) is 9.59 Å². The number of benzene rings is 2. The van der Waals surface area contributed by atoms with Gasteiger partial charge in [0.2, 0.25) is 11.8 Å². The first-order valence-corrected chi connectivity index (χ1v) is 10.7. The van der Waals surface area contributed by atoms with Gasteiger partial charge in [-0.15, -0.1) is 0 Å². The van der Waals surface area contributed by atoms with Gasteiger partial charge in [-0.1, -0.05) is 60.7 Å². The summed E-state index contributed by atoms with van der Waals surface area (Å²) in [6, 6.07) is 19.9. The fourth-order valence-electron chi connectivity index (χ4n) is 5.06. The highest BCUT2D eigenvalue weighted by Crippen LogP contribution is 2.52. The Labute approximate surface area is 176 Å². The molecule has 5 atom stereocenters. The molecule has 1 spiro atoms. The van der Waals surface area contributed by atoms with E-state index in [1.165, 1.54) is 5.56 Å². The zero-order valence-corrected chi connectivity index (χ0v) is 17.0. The SMILES string of the molecule is C[C@H](CCc1ccccc1)NC(=O)[C@@H]1[C@H]2C=C[C@@]3(CN(c4ccccc4)C(=O)[C@@H]13)O2. The molecule has 5 heteroatoms. The number of fused-ring (bicyclic) bond motifs is 1. The number of carbonyl (C=O) groups excluding carboxylic acids is 2. The van der Waals surface area contributed by atoms with E-state index in [1.807, 2.05) is 67.6 Å². The van der Waals surface area contributed by atoms with Crippen LogP contribution in [0, 0.1) is 11.8 Å². The Bertz CT molecular complexity index is 974. The van der Waals surface area contributed by atoms with Crippen LogP contribution in [0.2, 0.25) is 0 Å². The van der Waals surface area contributed by atoms with E-state index in [1.54, 1.807) is 4.90 Å². The largest absolute Gasteiger partial charge is 0.360 e. The predicted molar refractivity (Wildman–Crippen MR) is 115 cm³/mol. The topological polar surface area (TPSA) is 58.6 Å². The molecule has 3 aliphatic rings. The Morgan fingerprint density at radius 3 is 2.60 bits per heavy atom. The van der Waals surface area contributed by atoms with Gasteiger partial charge in [0.25, 0.3) is 0 Å². The molecule has 3 aliphatic heterocycles. The average molecular weight is 402 g/mol. The summed E-state index contributed by atoms with van der Waals surface area (Å²) in [6.07, 6.45) is 5.38. The number of aryl methyl sites for hydroxylation is 1. The third kappa shape index (κ3) is 3.14. The summed E-state index contributed by atoms with van der Waals surface area (Å²) in [6.45, 7) is 2.48. The minimum Gasteiger partial charge on any atom is -0.360 e. The highest BCUT2D eigenvalue weighted by molar-refractivity contribution is 6.03. The smallest absolute Gasteiger partial charge is 0.234 e. The van der Waals surface area contributed by atoms with Crippen molar-refractivity contribution in [2.75, 3.05) is 11.4 Å². The molecule has 0 aromatic heterocycles. The van der Waals surface area contributed by atoms with Crippen LogP contribution in [0.25, 0.3) is 0 Å². The van der Waals surface area contributed by atoms with Crippen molar-refractivity contribution in [3.63, 3.8) is 0 Å². The summed E-state index contributed by atoms with van der Waals surface area (Å²) in [5, 5.41) is 3.14. The van der Waals surface area contributed by atoms with Crippen molar-refractivity contribution in [1.29, 1.82) is 0 Å². The maximum Gasteiger partial charge on any atom is 0.234 e. The van der Waals surface area contributed by atoms with Crippen LogP contribution >= 0.6 is 0 Å². The van der Waals surface area contributed by atoms with Crippen molar-refractivity contribution < 1.29 is 14.3 Å². The minimum absolute atomic E-state index is 0.0230. The normalized spacial score (nSPS) is 29.8. The first-order valence-electron chi connectivity index (χ1n) is 10.7. The summed E-state index contributed by atoms with van der Waals surface area (Å²) < 4.78 is 6.22. The standard InChI is InChI=1S/C25H26N2O3/c1-17(12-13-18-8-4-2-5-9-18)26-23(28)21-20-14-15-25(30-20)16-27(24(29)22(21)25)19-10-6-3-7-11-19/h2-11,14-15,17,20-22H,12-13,16H2,1H3,(H,26,28)/t17-,20-,21-,22-,25+/m1/s1. The number of hydrogen-bond acceptors (Lipinski definition) is 3. The average Bonchev–Trinajstić information content (AvgIpc) is 3.42. The summed E-state index contributed by atoms with van der Waals surface area (Å²) in [4.78, 5) is 28.3. The number of nitrogens with zero attached hydrogens (tertiary/aromatic N) is 1. The van der Waals surface area contributed by atoms with E-state index in [4.69, 9.17) is 4.74 Å². The quantitative estimate of drug-likeness (QED) is 0.756. The van der Waals surface area contributed by atoms with Crippen LogP contribution in [0.1, 0.15) is 18.9 Å². The highest BCUT2D eigenvalue weighted by atomic mass is 16.5. The molecule has 2 aromatic rings. The van der Waals surface area contributed by atoms with Crippen molar-refractivity contribution in [2.24, 2.45) is 11.8 Å². The zero-order chi connectivity index (χ0) is 20.7. The van der Waals surface area contributed by atoms with Crippen molar-refractivity contribution in [3.8, 4) is 0 Å². The fraction of sp³-hybridized carbons (Fsp3) is 0.360. The van der Waals surface area contributed by atoms with Crippen LogP contribution in [-0.2, 0) is 20.7 Å². The first-order chi connectivity index (χ1) is 14.6. The summed E-state index contributed by atoms with van der Waals surface area (Å²) in [7, 11) is 0. The Kier molecular flexibility index (Phi) is 4.70. The number of carbonyl (C=O) groups is 2. The molecule has 3 heterocycles. The van der Waals surface area contributed by atoms with Gasteiger partial charge >= 0.3 is 0 Å². The van der Waals surface area contributed by atoms with Crippen molar-refractivity contribution in [1.82, 2.24) is 5.32 Å². The molecular formula is C25H26N2O3. The molecule has 2 saturated heterocycles. The molecule has 1 N–H and O–H groups in total. The third-order valence-electron chi connectivity index (χ3n) is 6.57. The van der Waals surface area contributed by atoms with E-state index in [2.05, 4.69) is 17.4 Å². The monoisotopic (exact) mass is 402 g/mol. The molecule has 154 valence electrons. The molecule has 0 unspecified atom stereocenters. The molecule has 0 aliphatic carbocycles. The van der Waals surface area contributed by atoms with Gasteiger partial charge in [-0.25, -0.2) is 0 Å². The second kappa shape index (κ2) is 7.40. The molecule has 0 saturated carbocycles.